The molecular formula is C27H30N6O2. The molecule has 2 heterocycles. The highest BCUT2D eigenvalue weighted by molar-refractivity contribution is 5.91. The highest BCUT2D eigenvalue weighted by Crippen LogP contribution is 2.27. The van der Waals surface area contributed by atoms with Crippen LogP contribution >= 0.6 is 0 Å². The Bertz CT molecular complexity index is 1300. The minimum absolute atomic E-state index is 0.176. The van der Waals surface area contributed by atoms with Crippen molar-refractivity contribution in [1.29, 1.82) is 5.26 Å². The summed E-state index contributed by atoms with van der Waals surface area (Å²) in [5, 5.41) is 20.4. The fourth-order valence-corrected chi connectivity index (χ4v) is 4.62. The van der Waals surface area contributed by atoms with Crippen LogP contribution in [0.15, 0.2) is 48.5 Å². The number of hydrogen-bond acceptors (Lipinski definition) is 6. The first-order valence-electron chi connectivity index (χ1n) is 11.8. The number of nitrogen functional groups attached to an aromatic ring is 1. The number of carbonyl (C=O) groups excluding carboxylic acids is 2. The first-order chi connectivity index (χ1) is 16.9. The second-order valence-corrected chi connectivity index (χ2v) is 9.13. The zero-order valence-electron chi connectivity index (χ0n) is 20.0. The van der Waals surface area contributed by atoms with Crippen LogP contribution in [-0.4, -0.2) is 35.4 Å². The van der Waals surface area contributed by atoms with Gasteiger partial charge in [-0.1, -0.05) is 36.4 Å². The molecule has 0 radical (unpaired) electrons. The topological polar surface area (TPSA) is 133 Å². The highest BCUT2D eigenvalue weighted by Gasteiger charge is 2.31. The number of pyridine rings is 1. The van der Waals surface area contributed by atoms with Crippen LogP contribution in [0.25, 0.3) is 10.8 Å². The van der Waals surface area contributed by atoms with Gasteiger partial charge in [-0.2, -0.15) is 5.26 Å². The molecular weight excluding hydrogens is 440 g/mol. The summed E-state index contributed by atoms with van der Waals surface area (Å²) in [6.07, 6.45) is 1.50. The van der Waals surface area contributed by atoms with Crippen LogP contribution in [0.1, 0.15) is 35.7 Å². The molecule has 1 aliphatic rings. The molecule has 0 spiro atoms. The van der Waals surface area contributed by atoms with Gasteiger partial charge in [0, 0.05) is 12.2 Å². The van der Waals surface area contributed by atoms with E-state index in [-0.39, 0.29) is 23.8 Å². The first kappa shape index (κ1) is 24.2. The third kappa shape index (κ3) is 5.58. The third-order valence-corrected chi connectivity index (χ3v) is 6.60. The lowest BCUT2D eigenvalue weighted by Gasteiger charge is -2.18. The van der Waals surface area contributed by atoms with Crippen LogP contribution in [0.4, 0.5) is 5.82 Å². The Labute approximate surface area is 204 Å². The van der Waals surface area contributed by atoms with Gasteiger partial charge in [0.2, 0.25) is 11.8 Å². The largest absolute Gasteiger partial charge is 0.384 e. The molecule has 1 aliphatic heterocycles. The van der Waals surface area contributed by atoms with Gasteiger partial charge < -0.3 is 21.7 Å². The van der Waals surface area contributed by atoms with E-state index in [1.165, 1.54) is 5.56 Å². The van der Waals surface area contributed by atoms with Crippen molar-refractivity contribution >= 4 is 28.4 Å². The normalized spacial score (nSPS) is 18.1. The Morgan fingerprint density at radius 3 is 2.66 bits per heavy atom. The third-order valence-electron chi connectivity index (χ3n) is 6.60. The minimum Gasteiger partial charge on any atom is -0.384 e. The number of nitrogens with zero attached hydrogens (tertiary/aromatic N) is 2. The van der Waals surface area contributed by atoms with Crippen molar-refractivity contribution in [1.82, 2.24) is 20.9 Å². The molecule has 1 aromatic heterocycles. The van der Waals surface area contributed by atoms with Gasteiger partial charge in [-0.25, -0.2) is 4.98 Å². The molecule has 0 bridgehead atoms. The summed E-state index contributed by atoms with van der Waals surface area (Å²) in [6.45, 7) is 4.55. The molecule has 2 amide bonds. The van der Waals surface area contributed by atoms with Gasteiger partial charge in [0.05, 0.1) is 17.7 Å². The number of aromatic nitrogens is 1. The van der Waals surface area contributed by atoms with Crippen molar-refractivity contribution in [2.24, 2.45) is 5.92 Å². The molecule has 3 atom stereocenters. The zero-order chi connectivity index (χ0) is 24.9. The van der Waals surface area contributed by atoms with Crippen molar-refractivity contribution in [2.45, 2.75) is 45.3 Å². The number of fused-ring (bicyclic) bond motifs is 1. The van der Waals surface area contributed by atoms with Gasteiger partial charge in [-0.3, -0.25) is 9.59 Å². The lowest BCUT2D eigenvalue weighted by Crippen LogP contribution is -2.50. The van der Waals surface area contributed by atoms with Crippen molar-refractivity contribution < 1.29 is 9.59 Å². The number of nitrogens with two attached hydrogens (primary N) is 1. The summed E-state index contributed by atoms with van der Waals surface area (Å²) in [5.74, 6) is 0.290. The number of nitriles is 1. The molecule has 0 aliphatic carbocycles. The molecule has 180 valence electrons. The number of aryl methyl sites for hydroxylation is 1. The summed E-state index contributed by atoms with van der Waals surface area (Å²) in [7, 11) is 0. The Morgan fingerprint density at radius 1 is 1.17 bits per heavy atom. The van der Waals surface area contributed by atoms with Crippen LogP contribution in [0, 0.1) is 24.2 Å². The van der Waals surface area contributed by atoms with E-state index in [9.17, 15) is 14.9 Å². The second-order valence-electron chi connectivity index (χ2n) is 9.13. The second kappa shape index (κ2) is 10.5. The van der Waals surface area contributed by atoms with E-state index in [4.69, 9.17) is 5.73 Å². The lowest BCUT2D eigenvalue weighted by molar-refractivity contribution is -0.129. The zero-order valence-corrected chi connectivity index (χ0v) is 20.0. The Hall–Kier alpha value is -3.96. The maximum Gasteiger partial charge on any atom is 0.242 e. The van der Waals surface area contributed by atoms with Gasteiger partial charge >= 0.3 is 0 Å². The van der Waals surface area contributed by atoms with E-state index in [0.29, 0.717) is 24.3 Å². The predicted octanol–water partition coefficient (Wildman–Crippen LogP) is 2.34. The van der Waals surface area contributed by atoms with Crippen LogP contribution in [0.5, 0.6) is 0 Å². The van der Waals surface area contributed by atoms with Crippen LogP contribution in [0.3, 0.4) is 0 Å². The van der Waals surface area contributed by atoms with Gasteiger partial charge in [0.15, 0.2) is 0 Å². The van der Waals surface area contributed by atoms with Crippen LogP contribution < -0.4 is 21.7 Å². The Kier molecular flexibility index (Phi) is 7.28. The summed E-state index contributed by atoms with van der Waals surface area (Å²) >= 11 is 0. The number of carbonyl (C=O) groups is 2. The minimum atomic E-state index is -0.659. The highest BCUT2D eigenvalue weighted by atomic mass is 16.2. The number of rotatable bonds is 7. The fraction of sp³-hybridized carbons (Fsp3) is 0.333. The molecule has 1 saturated heterocycles. The number of hydrogen-bond donors (Lipinski definition) is 4. The average molecular weight is 471 g/mol. The summed E-state index contributed by atoms with van der Waals surface area (Å²) in [4.78, 5) is 29.5. The smallest absolute Gasteiger partial charge is 0.242 e. The van der Waals surface area contributed by atoms with E-state index in [2.05, 4.69) is 27.0 Å². The Morgan fingerprint density at radius 2 is 1.91 bits per heavy atom. The van der Waals surface area contributed by atoms with Crippen LogP contribution in [0.2, 0.25) is 0 Å². The summed E-state index contributed by atoms with van der Waals surface area (Å²) in [5.41, 5.74) is 9.15. The van der Waals surface area contributed by atoms with Gasteiger partial charge in [0.25, 0.3) is 0 Å². The van der Waals surface area contributed by atoms with Crippen molar-refractivity contribution in [2.75, 3.05) is 12.3 Å². The van der Waals surface area contributed by atoms with E-state index < -0.39 is 6.04 Å². The van der Waals surface area contributed by atoms with Gasteiger partial charge in [-0.05, 0) is 73.2 Å². The molecule has 0 unspecified atom stereocenters. The molecule has 1 fully saturated rings. The Balaban J connectivity index is 1.30. The molecule has 8 heteroatoms. The lowest BCUT2D eigenvalue weighted by atomic mass is 9.91. The number of nitrogens with one attached hydrogen (secondary N) is 3. The van der Waals surface area contributed by atoms with Gasteiger partial charge in [-0.15, -0.1) is 0 Å². The monoisotopic (exact) mass is 470 g/mol. The van der Waals surface area contributed by atoms with Crippen LogP contribution in [-0.2, 0) is 22.6 Å². The predicted molar refractivity (Wildman–Crippen MR) is 135 cm³/mol. The first-order valence-corrected chi connectivity index (χ1v) is 11.8. The number of anilines is 1. The van der Waals surface area contributed by atoms with Crippen molar-refractivity contribution in [3.63, 3.8) is 0 Å². The standard InChI is InChI=1S/C27H30N6O2/c1-16-21(9-10-25(29)32-16)15-31-26(34)17(2)33-27(35)24-12-18(14-30-24)11-19-7-8-20(13-28)23-6-4-3-5-22(19)23/h3-10,17-18,24,30H,11-12,14-15H2,1-2H3,(H2,29,32)(H,31,34)(H,33,35)/t17-,18-,24+/m0/s1. The maximum atomic E-state index is 12.8. The molecule has 5 N–H and O–H groups in total. The molecule has 4 rings (SSSR count). The molecule has 2 aromatic carbocycles. The van der Waals surface area contributed by atoms with Gasteiger partial charge in [0.1, 0.15) is 11.9 Å². The van der Waals surface area contributed by atoms with E-state index in [1.54, 1.807) is 13.0 Å². The molecule has 35 heavy (non-hydrogen) atoms. The average Bonchev–Trinajstić information content (AvgIpc) is 3.32. The van der Waals surface area contributed by atoms with Crippen molar-refractivity contribution in [3.8, 4) is 6.07 Å². The van der Waals surface area contributed by atoms with Crippen molar-refractivity contribution in [3.05, 3.63) is 70.9 Å². The molecule has 3 aromatic rings. The molecule has 8 nitrogen and oxygen atoms in total. The number of amides is 2. The van der Waals surface area contributed by atoms with E-state index >= 15 is 0 Å². The summed E-state index contributed by atoms with van der Waals surface area (Å²) in [6, 6.07) is 16.6. The van der Waals surface area contributed by atoms with E-state index in [1.807, 2.05) is 49.4 Å². The maximum absolute atomic E-state index is 12.8. The quantitative estimate of drug-likeness (QED) is 0.419. The fourth-order valence-electron chi connectivity index (χ4n) is 4.62. The molecule has 0 saturated carbocycles. The summed E-state index contributed by atoms with van der Waals surface area (Å²) < 4.78 is 0. The number of benzene rings is 2. The van der Waals surface area contributed by atoms with E-state index in [0.717, 1.165) is 35.0 Å². The SMILES string of the molecule is Cc1nc(N)ccc1CNC(=O)[C@H](C)NC(=O)[C@H]1C[C@H](Cc2ccc(C#N)c3ccccc23)CN1.